The predicted octanol–water partition coefficient (Wildman–Crippen LogP) is 1.84. The molecule has 4 nitrogen and oxygen atoms in total. The highest BCUT2D eigenvalue weighted by atomic mass is 32.1. The molecule has 1 aromatic carbocycles. The second kappa shape index (κ2) is 7.31. The van der Waals surface area contributed by atoms with Crippen molar-refractivity contribution in [2.75, 3.05) is 20.3 Å². The fourth-order valence-corrected chi connectivity index (χ4v) is 2.19. The zero-order valence-corrected chi connectivity index (χ0v) is 12.0. The Morgan fingerprint density at radius 3 is 3.11 bits per heavy atom. The smallest absolute Gasteiger partial charge is 0.166 e. The minimum absolute atomic E-state index is 0.302. The molecule has 1 aliphatic heterocycles. The molecule has 0 aliphatic carbocycles. The van der Waals surface area contributed by atoms with Gasteiger partial charge >= 0.3 is 0 Å². The first-order valence-corrected chi connectivity index (χ1v) is 6.95. The molecule has 1 aromatic rings. The molecule has 5 heteroatoms. The van der Waals surface area contributed by atoms with E-state index in [2.05, 4.69) is 10.6 Å². The molecule has 1 aliphatic rings. The molecule has 1 heterocycles. The van der Waals surface area contributed by atoms with Gasteiger partial charge in [-0.25, -0.2) is 0 Å². The molecule has 0 spiro atoms. The van der Waals surface area contributed by atoms with Gasteiger partial charge in [0.25, 0.3) is 0 Å². The van der Waals surface area contributed by atoms with Crippen molar-refractivity contribution in [1.29, 1.82) is 0 Å². The first-order chi connectivity index (χ1) is 9.28. The summed E-state index contributed by atoms with van der Waals surface area (Å²) in [7, 11) is 1.67. The maximum Gasteiger partial charge on any atom is 0.166 e. The van der Waals surface area contributed by atoms with Crippen LogP contribution in [0.1, 0.15) is 18.4 Å². The third-order valence-electron chi connectivity index (χ3n) is 3.10. The van der Waals surface area contributed by atoms with Gasteiger partial charge in [0, 0.05) is 19.7 Å². The number of methoxy groups -OCH3 is 1. The van der Waals surface area contributed by atoms with Crippen LogP contribution in [0.25, 0.3) is 0 Å². The highest BCUT2D eigenvalue weighted by Crippen LogP contribution is 2.12. The lowest BCUT2D eigenvalue weighted by Gasteiger charge is -2.14. The molecule has 104 valence electrons. The summed E-state index contributed by atoms with van der Waals surface area (Å²) in [6, 6.07) is 7.93. The van der Waals surface area contributed by atoms with Crippen molar-refractivity contribution in [1.82, 2.24) is 10.6 Å². The minimum atomic E-state index is 0.302. The molecule has 1 fully saturated rings. The van der Waals surface area contributed by atoms with E-state index in [0.717, 1.165) is 37.3 Å². The number of hydrogen-bond acceptors (Lipinski definition) is 3. The fourth-order valence-electron chi connectivity index (χ4n) is 2.04. The zero-order valence-electron chi connectivity index (χ0n) is 11.1. The maximum absolute atomic E-state index is 5.53. The molecule has 0 bridgehead atoms. The van der Waals surface area contributed by atoms with Crippen LogP contribution in [-0.4, -0.2) is 31.5 Å². The van der Waals surface area contributed by atoms with Crippen LogP contribution < -0.4 is 15.4 Å². The molecule has 0 saturated carbocycles. The normalized spacial score (nSPS) is 18.1. The molecule has 2 N–H and O–H groups in total. The van der Waals surface area contributed by atoms with Crippen LogP contribution >= 0.6 is 12.2 Å². The summed E-state index contributed by atoms with van der Waals surface area (Å²) in [5, 5.41) is 7.04. The third-order valence-corrected chi connectivity index (χ3v) is 3.39. The largest absolute Gasteiger partial charge is 0.497 e. The first kappa shape index (κ1) is 14.1. The van der Waals surface area contributed by atoms with Crippen LogP contribution in [0.2, 0.25) is 0 Å². The van der Waals surface area contributed by atoms with Gasteiger partial charge in [0.15, 0.2) is 5.11 Å². The number of ether oxygens (including phenoxy) is 2. The van der Waals surface area contributed by atoms with E-state index >= 15 is 0 Å². The topological polar surface area (TPSA) is 42.5 Å². The van der Waals surface area contributed by atoms with Gasteiger partial charge in [-0.1, -0.05) is 12.1 Å². The zero-order chi connectivity index (χ0) is 13.5. The van der Waals surface area contributed by atoms with E-state index in [4.69, 9.17) is 21.7 Å². The van der Waals surface area contributed by atoms with E-state index in [1.54, 1.807) is 7.11 Å². The number of benzene rings is 1. The molecule has 0 aromatic heterocycles. The Bertz CT molecular complexity index is 420. The van der Waals surface area contributed by atoms with E-state index < -0.39 is 0 Å². The van der Waals surface area contributed by atoms with E-state index in [-0.39, 0.29) is 0 Å². The SMILES string of the molecule is COc1cccc(CNC(=S)NC[C@H]2CCCO2)c1. The maximum atomic E-state index is 5.53. The van der Waals surface area contributed by atoms with E-state index in [1.165, 1.54) is 0 Å². The first-order valence-electron chi connectivity index (χ1n) is 6.54. The Hall–Kier alpha value is -1.33. The van der Waals surface area contributed by atoms with Gasteiger partial charge in [0.1, 0.15) is 5.75 Å². The van der Waals surface area contributed by atoms with E-state index in [0.29, 0.717) is 17.8 Å². The van der Waals surface area contributed by atoms with Crippen molar-refractivity contribution in [3.8, 4) is 5.75 Å². The van der Waals surface area contributed by atoms with Gasteiger partial charge < -0.3 is 20.1 Å². The molecule has 1 saturated heterocycles. The van der Waals surface area contributed by atoms with Crippen molar-refractivity contribution in [3.05, 3.63) is 29.8 Å². The minimum Gasteiger partial charge on any atom is -0.497 e. The molecular formula is C14H20N2O2S. The Kier molecular flexibility index (Phi) is 5.42. The molecule has 2 rings (SSSR count). The summed E-state index contributed by atoms with van der Waals surface area (Å²) in [6.45, 7) is 2.34. The van der Waals surface area contributed by atoms with Gasteiger partial charge in [-0.2, -0.15) is 0 Å². The average molecular weight is 280 g/mol. The lowest BCUT2D eigenvalue weighted by molar-refractivity contribution is 0.114. The number of hydrogen-bond donors (Lipinski definition) is 2. The standard InChI is InChI=1S/C14H20N2O2S/c1-17-12-5-2-4-11(8-12)9-15-14(19)16-10-13-6-3-7-18-13/h2,4-5,8,13H,3,6-7,9-10H2,1H3,(H2,15,16,19)/t13-/m1/s1. The van der Waals surface area contributed by atoms with Gasteiger partial charge in [-0.05, 0) is 42.8 Å². The summed E-state index contributed by atoms with van der Waals surface area (Å²) < 4.78 is 10.7. The van der Waals surface area contributed by atoms with E-state index in [9.17, 15) is 0 Å². The Morgan fingerprint density at radius 1 is 1.47 bits per heavy atom. The van der Waals surface area contributed by atoms with Crippen LogP contribution in [0.3, 0.4) is 0 Å². The summed E-state index contributed by atoms with van der Waals surface area (Å²) in [5.74, 6) is 0.859. The lowest BCUT2D eigenvalue weighted by Crippen LogP contribution is -2.39. The van der Waals surface area contributed by atoms with Crippen molar-refractivity contribution < 1.29 is 9.47 Å². The summed E-state index contributed by atoms with van der Waals surface area (Å²) in [6.07, 6.45) is 2.57. The number of thiocarbonyl (C=S) groups is 1. The molecule has 19 heavy (non-hydrogen) atoms. The van der Waals surface area contributed by atoms with Crippen molar-refractivity contribution >= 4 is 17.3 Å². The van der Waals surface area contributed by atoms with Crippen LogP contribution in [0.4, 0.5) is 0 Å². The summed E-state index contributed by atoms with van der Waals surface area (Å²) in [4.78, 5) is 0. The number of rotatable bonds is 5. The van der Waals surface area contributed by atoms with Crippen LogP contribution in [0.15, 0.2) is 24.3 Å². The van der Waals surface area contributed by atoms with Gasteiger partial charge in [-0.15, -0.1) is 0 Å². The molecule has 0 amide bonds. The summed E-state index contributed by atoms with van der Waals surface area (Å²) in [5.41, 5.74) is 1.14. The monoisotopic (exact) mass is 280 g/mol. The molecule has 0 radical (unpaired) electrons. The highest BCUT2D eigenvalue weighted by Gasteiger charge is 2.15. The predicted molar refractivity (Wildman–Crippen MR) is 79.4 cm³/mol. The third kappa shape index (κ3) is 4.69. The van der Waals surface area contributed by atoms with Crippen LogP contribution in [-0.2, 0) is 11.3 Å². The van der Waals surface area contributed by atoms with Crippen LogP contribution in [0, 0.1) is 0 Å². The lowest BCUT2D eigenvalue weighted by atomic mass is 10.2. The number of nitrogens with one attached hydrogen (secondary N) is 2. The van der Waals surface area contributed by atoms with Gasteiger partial charge in [-0.3, -0.25) is 0 Å². The molecular weight excluding hydrogens is 260 g/mol. The van der Waals surface area contributed by atoms with Crippen molar-refractivity contribution in [2.24, 2.45) is 0 Å². The average Bonchev–Trinajstić information content (AvgIpc) is 2.96. The van der Waals surface area contributed by atoms with E-state index in [1.807, 2.05) is 24.3 Å². The highest BCUT2D eigenvalue weighted by molar-refractivity contribution is 7.80. The van der Waals surface area contributed by atoms with Gasteiger partial charge in [0.05, 0.1) is 13.2 Å². The Balaban J connectivity index is 1.70. The van der Waals surface area contributed by atoms with Crippen LogP contribution in [0.5, 0.6) is 5.75 Å². The van der Waals surface area contributed by atoms with Crippen molar-refractivity contribution in [3.63, 3.8) is 0 Å². The second-order valence-electron chi connectivity index (χ2n) is 4.55. The Labute approximate surface area is 119 Å². The molecule has 0 unspecified atom stereocenters. The summed E-state index contributed by atoms with van der Waals surface area (Å²) >= 11 is 5.24. The van der Waals surface area contributed by atoms with Crippen molar-refractivity contribution in [2.45, 2.75) is 25.5 Å². The fraction of sp³-hybridized carbons (Fsp3) is 0.500. The second-order valence-corrected chi connectivity index (χ2v) is 4.96. The quantitative estimate of drug-likeness (QED) is 0.806. The Morgan fingerprint density at radius 2 is 2.37 bits per heavy atom. The van der Waals surface area contributed by atoms with Gasteiger partial charge in [0.2, 0.25) is 0 Å². The molecule has 1 atom stereocenters.